The highest BCUT2D eigenvalue weighted by Crippen LogP contribution is 2.28. The third-order valence-electron chi connectivity index (χ3n) is 4.06. The second-order valence-electron chi connectivity index (χ2n) is 5.76. The van der Waals surface area contributed by atoms with Crippen molar-refractivity contribution in [3.8, 4) is 17.1 Å². The molecule has 0 atom stereocenters. The van der Waals surface area contributed by atoms with Gasteiger partial charge in [0.1, 0.15) is 11.6 Å². The Morgan fingerprint density at radius 3 is 2.41 bits per heavy atom. The van der Waals surface area contributed by atoms with Gasteiger partial charge in [-0.1, -0.05) is 12.1 Å². The van der Waals surface area contributed by atoms with E-state index in [1.807, 2.05) is 0 Å². The average Bonchev–Trinajstić information content (AvgIpc) is 2.99. The summed E-state index contributed by atoms with van der Waals surface area (Å²) in [4.78, 5) is 27.7. The van der Waals surface area contributed by atoms with Crippen molar-refractivity contribution in [2.45, 2.75) is 13.8 Å². The topological polar surface area (TPSA) is 81.4 Å². The van der Waals surface area contributed by atoms with Crippen LogP contribution in [0.3, 0.4) is 0 Å². The molecular weight excluding hydrogens is 351 g/mol. The number of hydrogen-bond donors (Lipinski definition) is 1. The van der Waals surface area contributed by atoms with Crippen molar-refractivity contribution in [1.29, 1.82) is 0 Å². The van der Waals surface area contributed by atoms with Gasteiger partial charge in [0.05, 0.1) is 23.4 Å². The minimum absolute atomic E-state index is 0.0809. The number of carbonyl (C=O) groups excluding carboxylic acids is 1. The summed E-state index contributed by atoms with van der Waals surface area (Å²) in [6.45, 7) is 3.55. The zero-order chi connectivity index (χ0) is 19.6. The van der Waals surface area contributed by atoms with Crippen LogP contribution in [0.5, 0.6) is 0 Å². The number of aromatic nitrogens is 2. The van der Waals surface area contributed by atoms with Gasteiger partial charge in [0.2, 0.25) is 0 Å². The van der Waals surface area contributed by atoms with Gasteiger partial charge in [0.15, 0.2) is 5.69 Å². The molecule has 1 aromatic heterocycles. The number of carboxylic acids is 1. The lowest BCUT2D eigenvalue weighted by Crippen LogP contribution is -2.08. The van der Waals surface area contributed by atoms with Crippen LogP contribution in [0.15, 0.2) is 48.5 Å². The Morgan fingerprint density at radius 2 is 1.81 bits per heavy atom. The summed E-state index contributed by atoms with van der Waals surface area (Å²) in [7, 11) is 0. The van der Waals surface area contributed by atoms with Gasteiger partial charge in [-0.15, -0.1) is 0 Å². The summed E-state index contributed by atoms with van der Waals surface area (Å²) in [6, 6.07) is 12.1. The highest BCUT2D eigenvalue weighted by Gasteiger charge is 2.24. The van der Waals surface area contributed by atoms with Crippen LogP contribution in [0.25, 0.3) is 17.1 Å². The predicted molar refractivity (Wildman–Crippen MR) is 96.6 cm³/mol. The number of imidazole rings is 1. The first-order chi connectivity index (χ1) is 12.9. The van der Waals surface area contributed by atoms with Crippen LogP contribution in [0.2, 0.25) is 0 Å². The second kappa shape index (κ2) is 7.41. The number of aromatic carboxylic acids is 1. The highest BCUT2D eigenvalue weighted by atomic mass is 19.1. The van der Waals surface area contributed by atoms with Crippen molar-refractivity contribution in [2.24, 2.45) is 0 Å². The molecule has 0 aliphatic rings. The van der Waals surface area contributed by atoms with Crippen LogP contribution >= 0.6 is 0 Å². The molecule has 0 saturated heterocycles. The molecule has 1 N–H and O–H groups in total. The smallest absolute Gasteiger partial charge is 0.358 e. The van der Waals surface area contributed by atoms with E-state index in [2.05, 4.69) is 4.98 Å². The molecule has 1 heterocycles. The lowest BCUT2D eigenvalue weighted by Gasteiger charge is -2.11. The standard InChI is InChI=1S/C20H17FN2O4/c1-3-27-20(26)17-12(2)23(14-10-8-13(9-11-14)19(24)25)18(22-17)15-6-4-5-7-16(15)21/h4-11H,3H2,1-2H3,(H,24,25). The quantitative estimate of drug-likeness (QED) is 0.692. The molecule has 0 aliphatic heterocycles. The summed E-state index contributed by atoms with van der Waals surface area (Å²) in [6.07, 6.45) is 0. The lowest BCUT2D eigenvalue weighted by molar-refractivity contribution is 0.0518. The Hall–Kier alpha value is -3.48. The van der Waals surface area contributed by atoms with Gasteiger partial charge in [-0.3, -0.25) is 4.57 Å². The Kier molecular flexibility index (Phi) is 5.03. The fraction of sp³-hybridized carbons (Fsp3) is 0.150. The molecule has 3 rings (SSSR count). The SMILES string of the molecule is CCOC(=O)c1nc(-c2ccccc2F)n(-c2ccc(C(=O)O)cc2)c1C. The molecule has 0 fully saturated rings. The van der Waals surface area contributed by atoms with E-state index in [1.54, 1.807) is 48.7 Å². The van der Waals surface area contributed by atoms with E-state index in [4.69, 9.17) is 9.84 Å². The zero-order valence-electron chi connectivity index (χ0n) is 14.8. The van der Waals surface area contributed by atoms with Crippen molar-refractivity contribution >= 4 is 11.9 Å². The molecule has 0 spiro atoms. The number of halogens is 1. The Morgan fingerprint density at radius 1 is 1.15 bits per heavy atom. The zero-order valence-corrected chi connectivity index (χ0v) is 14.8. The molecular formula is C20H17FN2O4. The fourth-order valence-electron chi connectivity index (χ4n) is 2.79. The fourth-order valence-corrected chi connectivity index (χ4v) is 2.79. The number of esters is 1. The molecule has 0 radical (unpaired) electrons. The molecule has 138 valence electrons. The first-order valence-electron chi connectivity index (χ1n) is 8.29. The van der Waals surface area contributed by atoms with E-state index in [-0.39, 0.29) is 29.3 Å². The van der Waals surface area contributed by atoms with E-state index in [1.165, 1.54) is 18.2 Å². The predicted octanol–water partition coefficient (Wildman–Crippen LogP) is 3.86. The molecule has 0 bridgehead atoms. The van der Waals surface area contributed by atoms with Crippen LogP contribution < -0.4 is 0 Å². The molecule has 3 aromatic rings. The average molecular weight is 368 g/mol. The largest absolute Gasteiger partial charge is 0.478 e. The second-order valence-corrected chi connectivity index (χ2v) is 5.76. The highest BCUT2D eigenvalue weighted by molar-refractivity contribution is 5.90. The summed E-state index contributed by atoms with van der Waals surface area (Å²) in [5.74, 6) is -1.91. The molecule has 0 unspecified atom stereocenters. The summed E-state index contributed by atoms with van der Waals surface area (Å²) >= 11 is 0. The maximum Gasteiger partial charge on any atom is 0.358 e. The van der Waals surface area contributed by atoms with Crippen molar-refractivity contribution in [1.82, 2.24) is 9.55 Å². The Bertz CT molecular complexity index is 1010. The minimum Gasteiger partial charge on any atom is -0.478 e. The van der Waals surface area contributed by atoms with Gasteiger partial charge in [0, 0.05) is 5.69 Å². The van der Waals surface area contributed by atoms with Gasteiger partial charge in [-0.05, 0) is 50.2 Å². The Labute approximate surface area is 154 Å². The van der Waals surface area contributed by atoms with Gasteiger partial charge < -0.3 is 9.84 Å². The summed E-state index contributed by atoms with van der Waals surface area (Å²) in [5, 5.41) is 9.08. The van der Waals surface area contributed by atoms with E-state index >= 15 is 0 Å². The normalized spacial score (nSPS) is 10.6. The van der Waals surface area contributed by atoms with Gasteiger partial charge in [-0.25, -0.2) is 19.0 Å². The first kappa shape index (κ1) is 18.3. The van der Waals surface area contributed by atoms with Crippen LogP contribution in [-0.2, 0) is 4.74 Å². The van der Waals surface area contributed by atoms with Crippen molar-refractivity contribution in [3.05, 3.63) is 71.3 Å². The molecule has 27 heavy (non-hydrogen) atoms. The van der Waals surface area contributed by atoms with Crippen molar-refractivity contribution in [2.75, 3.05) is 6.61 Å². The third-order valence-corrected chi connectivity index (χ3v) is 4.06. The molecule has 0 saturated carbocycles. The third kappa shape index (κ3) is 3.44. The van der Waals surface area contributed by atoms with Crippen LogP contribution in [-0.4, -0.2) is 33.2 Å². The summed E-state index contributed by atoms with van der Waals surface area (Å²) in [5.41, 5.74) is 1.44. The number of nitrogens with zero attached hydrogens (tertiary/aromatic N) is 2. The molecule has 2 aromatic carbocycles. The number of benzene rings is 2. The molecule has 0 aliphatic carbocycles. The van der Waals surface area contributed by atoms with E-state index in [0.29, 0.717) is 11.4 Å². The Balaban J connectivity index is 2.23. The summed E-state index contributed by atoms with van der Waals surface area (Å²) < 4.78 is 21.0. The maximum atomic E-state index is 14.4. The van der Waals surface area contributed by atoms with Crippen molar-refractivity contribution in [3.63, 3.8) is 0 Å². The van der Waals surface area contributed by atoms with Crippen LogP contribution in [0, 0.1) is 12.7 Å². The van der Waals surface area contributed by atoms with Gasteiger partial charge >= 0.3 is 11.9 Å². The van der Waals surface area contributed by atoms with E-state index in [0.717, 1.165) is 0 Å². The van der Waals surface area contributed by atoms with Crippen molar-refractivity contribution < 1.29 is 23.8 Å². The van der Waals surface area contributed by atoms with E-state index in [9.17, 15) is 14.0 Å². The molecule has 7 heteroatoms. The van der Waals surface area contributed by atoms with Gasteiger partial charge in [-0.2, -0.15) is 0 Å². The number of hydrogen-bond acceptors (Lipinski definition) is 4. The minimum atomic E-state index is -1.05. The molecule has 0 amide bonds. The molecule has 6 nitrogen and oxygen atoms in total. The lowest BCUT2D eigenvalue weighted by atomic mass is 10.1. The first-order valence-corrected chi connectivity index (χ1v) is 8.29. The monoisotopic (exact) mass is 368 g/mol. The number of rotatable bonds is 5. The van der Waals surface area contributed by atoms with Crippen LogP contribution in [0.4, 0.5) is 4.39 Å². The maximum absolute atomic E-state index is 14.4. The number of carbonyl (C=O) groups is 2. The van der Waals surface area contributed by atoms with E-state index < -0.39 is 17.8 Å². The number of ether oxygens (including phenoxy) is 1. The van der Waals surface area contributed by atoms with Gasteiger partial charge in [0.25, 0.3) is 0 Å². The van der Waals surface area contributed by atoms with Crippen LogP contribution in [0.1, 0.15) is 33.5 Å². The number of carboxylic acid groups (broad SMARTS) is 1.